The van der Waals surface area contributed by atoms with Crippen LogP contribution in [-0.4, -0.2) is 19.5 Å². The standard InChI is InChI=1S/C55H34N4O/c1-2-16-35(17-3-1)38-24-13-27-41-40(38)26-15-29-46(41)54-56-53(37-19-12-18-36(34-37)39-25-14-28-45-44-22-7-11-33-51(44)60-52(39)45)57-55(58-54)47-23-6-10-32-50(47)59-48-30-8-4-20-42(48)43-21-5-9-31-49(43)59/h1-34H/i4D,5D,8D,20D,21D,30D,31D. The molecule has 12 aromatic rings. The number of benzene rings is 9. The largest absolute Gasteiger partial charge is 0.455 e. The van der Waals surface area contributed by atoms with Crippen molar-refractivity contribution in [2.24, 2.45) is 0 Å². The minimum Gasteiger partial charge on any atom is -0.455 e. The molecule has 0 radical (unpaired) electrons. The quantitative estimate of drug-likeness (QED) is 0.169. The van der Waals surface area contributed by atoms with Crippen molar-refractivity contribution >= 4 is 54.5 Å². The van der Waals surface area contributed by atoms with Gasteiger partial charge >= 0.3 is 0 Å². The SMILES string of the molecule is [2H]c1cc([2H])c2c(c1[2H])c1c([2H])c([2H])c([2H])c([2H])c1n2-c1ccccc1-c1nc(-c2cccc(-c3cccc4c3oc3ccccc34)c2)nc(-c2cccc3c(-c4ccccc4)cccc23)n1. The molecule has 0 spiro atoms. The van der Waals surface area contributed by atoms with Gasteiger partial charge in [-0.15, -0.1) is 0 Å². The molecule has 5 nitrogen and oxygen atoms in total. The maximum Gasteiger partial charge on any atom is 0.166 e. The smallest absolute Gasteiger partial charge is 0.166 e. The molecule has 3 aromatic heterocycles. The van der Waals surface area contributed by atoms with E-state index in [1.54, 1.807) is 16.7 Å². The van der Waals surface area contributed by atoms with E-state index < -0.39 is 12.1 Å². The number of furan rings is 1. The van der Waals surface area contributed by atoms with E-state index in [0.717, 1.165) is 60.5 Å². The zero-order valence-electron chi connectivity index (χ0n) is 38.8. The Morgan fingerprint density at radius 1 is 0.383 bits per heavy atom. The minimum absolute atomic E-state index is 0.0571. The molecule has 12 rings (SSSR count). The molecule has 0 saturated carbocycles. The molecule has 0 aliphatic carbocycles. The fourth-order valence-electron chi connectivity index (χ4n) is 8.49. The van der Waals surface area contributed by atoms with Crippen LogP contribution in [0.3, 0.4) is 0 Å². The molecule has 0 aliphatic rings. The Morgan fingerprint density at radius 2 is 0.967 bits per heavy atom. The molecule has 0 amide bonds. The van der Waals surface area contributed by atoms with Crippen LogP contribution in [0.1, 0.15) is 9.60 Å². The Labute approximate surface area is 355 Å². The summed E-state index contributed by atoms with van der Waals surface area (Å²) >= 11 is 0. The monoisotopic (exact) mass is 773 g/mol. The molecule has 0 aliphatic heterocycles. The maximum atomic E-state index is 9.21. The number of rotatable bonds is 6. The lowest BCUT2D eigenvalue weighted by atomic mass is 9.95. The first-order valence-electron chi connectivity index (χ1n) is 23.1. The van der Waals surface area contributed by atoms with E-state index in [4.69, 9.17) is 26.2 Å². The highest BCUT2D eigenvalue weighted by Crippen LogP contribution is 2.40. The van der Waals surface area contributed by atoms with Crippen molar-refractivity contribution in [1.29, 1.82) is 0 Å². The maximum absolute atomic E-state index is 9.21. The summed E-state index contributed by atoms with van der Waals surface area (Å²) < 4.78 is 70.3. The van der Waals surface area contributed by atoms with Gasteiger partial charge in [-0.25, -0.2) is 15.0 Å². The van der Waals surface area contributed by atoms with Crippen molar-refractivity contribution in [3.63, 3.8) is 0 Å². The third-order valence-corrected chi connectivity index (χ3v) is 11.2. The Hall–Kier alpha value is -8.15. The van der Waals surface area contributed by atoms with Gasteiger partial charge in [0.15, 0.2) is 17.5 Å². The third-order valence-electron chi connectivity index (χ3n) is 11.2. The molecule has 0 saturated heterocycles. The van der Waals surface area contributed by atoms with Gasteiger partial charge in [0.05, 0.1) is 26.3 Å². The number of hydrogen-bond acceptors (Lipinski definition) is 4. The molecule has 9 aromatic carbocycles. The van der Waals surface area contributed by atoms with Gasteiger partial charge in [-0.1, -0.05) is 170 Å². The zero-order chi connectivity index (χ0) is 45.7. The van der Waals surface area contributed by atoms with E-state index in [1.807, 2.05) is 103 Å². The average Bonchev–Trinajstić information content (AvgIpc) is 3.94. The van der Waals surface area contributed by atoms with Crippen LogP contribution in [0.15, 0.2) is 211 Å². The van der Waals surface area contributed by atoms with Crippen molar-refractivity contribution in [3.05, 3.63) is 206 Å². The summed E-state index contributed by atoms with van der Waals surface area (Å²) in [5.41, 5.74) is 8.10. The van der Waals surface area contributed by atoms with Crippen LogP contribution in [0.5, 0.6) is 0 Å². The van der Waals surface area contributed by atoms with Gasteiger partial charge in [0.2, 0.25) is 0 Å². The highest BCUT2D eigenvalue weighted by atomic mass is 16.3. The summed E-state index contributed by atoms with van der Waals surface area (Å²) in [4.78, 5) is 15.7. The highest BCUT2D eigenvalue weighted by Gasteiger charge is 2.21. The Bertz CT molecular complexity index is 4030. The minimum atomic E-state index is -0.470. The van der Waals surface area contributed by atoms with Crippen molar-refractivity contribution in [2.45, 2.75) is 0 Å². The van der Waals surface area contributed by atoms with E-state index in [0.29, 0.717) is 28.5 Å². The normalized spacial score (nSPS) is 13.3. The van der Waals surface area contributed by atoms with E-state index in [2.05, 4.69) is 42.5 Å². The van der Waals surface area contributed by atoms with Gasteiger partial charge in [0.25, 0.3) is 0 Å². The molecule has 5 heteroatoms. The summed E-state index contributed by atoms with van der Waals surface area (Å²) in [6.07, 6.45) is 0. The van der Waals surface area contributed by atoms with Crippen LogP contribution in [0.2, 0.25) is 0 Å². The molecule has 0 N–H and O–H groups in total. The van der Waals surface area contributed by atoms with Gasteiger partial charge in [-0.3, -0.25) is 0 Å². The second-order valence-corrected chi connectivity index (χ2v) is 14.6. The molecule has 0 bridgehead atoms. The predicted molar refractivity (Wildman–Crippen MR) is 246 cm³/mol. The van der Waals surface area contributed by atoms with Crippen LogP contribution in [0.4, 0.5) is 0 Å². The molecule has 280 valence electrons. The number of aromatic nitrogens is 4. The fourth-order valence-corrected chi connectivity index (χ4v) is 8.49. The van der Waals surface area contributed by atoms with Gasteiger partial charge in [-0.05, 0) is 63.8 Å². The van der Waals surface area contributed by atoms with Crippen molar-refractivity contribution in [1.82, 2.24) is 19.5 Å². The zero-order valence-corrected chi connectivity index (χ0v) is 31.8. The lowest BCUT2D eigenvalue weighted by molar-refractivity contribution is 0.670. The number of fused-ring (bicyclic) bond motifs is 7. The number of hydrogen-bond donors (Lipinski definition) is 0. The molecular formula is C55H34N4O. The van der Waals surface area contributed by atoms with Gasteiger partial charge in [-0.2, -0.15) is 0 Å². The number of para-hydroxylation sites is 5. The van der Waals surface area contributed by atoms with Gasteiger partial charge in [0.1, 0.15) is 11.2 Å². The van der Waals surface area contributed by atoms with E-state index >= 15 is 0 Å². The molecule has 3 heterocycles. The topological polar surface area (TPSA) is 56.7 Å². The second-order valence-electron chi connectivity index (χ2n) is 14.6. The Morgan fingerprint density at radius 3 is 1.85 bits per heavy atom. The van der Waals surface area contributed by atoms with E-state index in [9.17, 15) is 2.74 Å². The van der Waals surface area contributed by atoms with E-state index in [1.165, 1.54) is 6.07 Å². The fraction of sp³-hybridized carbons (Fsp3) is 0. The van der Waals surface area contributed by atoms with Crippen LogP contribution in [0.25, 0.3) is 117 Å². The third kappa shape index (κ3) is 5.44. The molecule has 0 atom stereocenters. The Balaban J connectivity index is 1.13. The highest BCUT2D eigenvalue weighted by molar-refractivity contribution is 6.11. The summed E-state index contributed by atoms with van der Waals surface area (Å²) in [6, 6.07) is 50.9. The average molecular weight is 774 g/mol. The van der Waals surface area contributed by atoms with E-state index in [-0.39, 0.29) is 57.8 Å². The molecule has 0 unspecified atom stereocenters. The van der Waals surface area contributed by atoms with Gasteiger partial charge < -0.3 is 8.98 Å². The van der Waals surface area contributed by atoms with Crippen molar-refractivity contribution in [3.8, 4) is 62.1 Å². The number of nitrogens with zero attached hydrogens (tertiary/aromatic N) is 4. The van der Waals surface area contributed by atoms with Crippen LogP contribution >= 0.6 is 0 Å². The molecule has 60 heavy (non-hydrogen) atoms. The van der Waals surface area contributed by atoms with Crippen LogP contribution in [0, 0.1) is 0 Å². The Kier molecular flexibility index (Phi) is 6.30. The molecule has 0 fully saturated rings. The first-order chi connectivity index (χ1) is 32.7. The molecular weight excluding hydrogens is 733 g/mol. The summed E-state index contributed by atoms with van der Waals surface area (Å²) in [5.74, 6) is 1.04. The lowest BCUT2D eigenvalue weighted by Gasteiger charge is -2.15. The van der Waals surface area contributed by atoms with Crippen LogP contribution < -0.4 is 0 Å². The van der Waals surface area contributed by atoms with Gasteiger partial charge in [0, 0.05) is 43.8 Å². The van der Waals surface area contributed by atoms with Crippen molar-refractivity contribution in [2.75, 3.05) is 0 Å². The lowest BCUT2D eigenvalue weighted by Crippen LogP contribution is -2.04. The first-order valence-corrected chi connectivity index (χ1v) is 19.6. The first kappa shape index (κ1) is 27.5. The van der Waals surface area contributed by atoms with Crippen LogP contribution in [-0.2, 0) is 0 Å². The van der Waals surface area contributed by atoms with Crippen molar-refractivity contribution < 1.29 is 14.0 Å². The predicted octanol–water partition coefficient (Wildman–Crippen LogP) is 14.4. The summed E-state index contributed by atoms with van der Waals surface area (Å²) in [7, 11) is 0. The summed E-state index contributed by atoms with van der Waals surface area (Å²) in [5, 5.41) is 4.12. The second kappa shape index (κ2) is 13.8. The summed E-state index contributed by atoms with van der Waals surface area (Å²) in [6.45, 7) is 0.